The van der Waals surface area contributed by atoms with Crippen LogP contribution in [0, 0.1) is 6.92 Å². The van der Waals surface area contributed by atoms with Crippen molar-refractivity contribution in [2.45, 2.75) is 23.9 Å². The highest BCUT2D eigenvalue weighted by molar-refractivity contribution is 7.90. The molecule has 0 saturated carbocycles. The molecule has 11 heteroatoms. The van der Waals surface area contributed by atoms with Crippen LogP contribution in [0.3, 0.4) is 0 Å². The van der Waals surface area contributed by atoms with E-state index in [1.807, 2.05) is 0 Å². The lowest BCUT2D eigenvalue weighted by molar-refractivity contribution is -0.290. The van der Waals surface area contributed by atoms with Crippen LogP contribution in [0.1, 0.15) is 15.9 Å². The van der Waals surface area contributed by atoms with Gasteiger partial charge in [-0.15, -0.1) is 0 Å². The van der Waals surface area contributed by atoms with Gasteiger partial charge in [-0.25, -0.2) is 13.2 Å². The van der Waals surface area contributed by atoms with E-state index < -0.39 is 50.7 Å². The molecule has 0 radical (unpaired) electrons. The van der Waals surface area contributed by atoms with Crippen molar-refractivity contribution in [2.75, 3.05) is 12.9 Å². The third-order valence-corrected chi connectivity index (χ3v) is 3.81. The van der Waals surface area contributed by atoms with E-state index in [1.165, 1.54) is 0 Å². The zero-order valence-corrected chi connectivity index (χ0v) is 12.6. The monoisotopic (exact) mass is 362 g/mol. The Hall–Kier alpha value is -1.91. The Kier molecular flexibility index (Phi) is 4.95. The zero-order chi connectivity index (χ0) is 18.2. The van der Waals surface area contributed by atoms with Crippen molar-refractivity contribution in [1.29, 1.82) is 0 Å². The zero-order valence-electron chi connectivity index (χ0n) is 11.7. The molecule has 0 unspecified atom stereocenters. The van der Waals surface area contributed by atoms with Crippen molar-refractivity contribution < 1.29 is 45.0 Å². The van der Waals surface area contributed by atoms with Crippen LogP contribution in [0.2, 0.25) is 0 Å². The molecule has 0 atom stereocenters. The van der Waals surface area contributed by atoms with E-state index in [2.05, 4.69) is 4.74 Å². The lowest BCUT2D eigenvalue weighted by Crippen LogP contribution is -2.42. The quantitative estimate of drug-likeness (QED) is 0.815. The van der Waals surface area contributed by atoms with Gasteiger partial charge in [-0.3, -0.25) is 0 Å². The number of aryl methyl sites for hydroxylation is 1. The Morgan fingerprint density at radius 1 is 1.22 bits per heavy atom. The number of sulfone groups is 1. The predicted molar refractivity (Wildman–Crippen MR) is 67.7 cm³/mol. The van der Waals surface area contributed by atoms with Gasteiger partial charge in [-0.05, 0) is 24.6 Å². The van der Waals surface area contributed by atoms with Crippen LogP contribution < -0.4 is 4.74 Å². The molecule has 1 aromatic rings. The Morgan fingerprint density at radius 3 is 2.13 bits per heavy atom. The first-order chi connectivity index (χ1) is 10.2. The number of rotatable bonds is 5. The largest absolute Gasteiger partial charge is 0.486 e. The molecule has 0 heterocycles. The second-order valence-corrected chi connectivity index (χ2v) is 6.70. The SMILES string of the molecule is Cc1cc(S(C)(=O)=O)cc(C(=O)O)c1OCC(F)(F)C(F)(F)F. The average molecular weight is 362 g/mol. The number of hydrogen-bond donors (Lipinski definition) is 1. The highest BCUT2D eigenvalue weighted by Gasteiger charge is 2.58. The van der Waals surface area contributed by atoms with Gasteiger partial charge in [0.15, 0.2) is 16.4 Å². The van der Waals surface area contributed by atoms with Gasteiger partial charge in [0.1, 0.15) is 11.3 Å². The minimum absolute atomic E-state index is 0.205. The number of aromatic carboxylic acids is 1. The summed E-state index contributed by atoms with van der Waals surface area (Å²) in [6.07, 6.45) is -5.08. The summed E-state index contributed by atoms with van der Waals surface area (Å²) in [7, 11) is -3.81. The molecule has 130 valence electrons. The Bertz CT molecular complexity index is 724. The molecule has 5 nitrogen and oxygen atoms in total. The second-order valence-electron chi connectivity index (χ2n) is 4.69. The normalized spacial score (nSPS) is 13.0. The number of hydrogen-bond acceptors (Lipinski definition) is 4. The molecule has 0 bridgehead atoms. The summed E-state index contributed by atoms with van der Waals surface area (Å²) in [6.45, 7) is -1.00. The number of benzene rings is 1. The molecule has 0 aliphatic rings. The van der Waals surface area contributed by atoms with Crippen molar-refractivity contribution in [3.05, 3.63) is 23.3 Å². The number of ether oxygens (including phenoxy) is 1. The molecule has 0 aliphatic carbocycles. The van der Waals surface area contributed by atoms with E-state index >= 15 is 0 Å². The highest BCUT2D eigenvalue weighted by Crippen LogP contribution is 2.37. The lowest BCUT2D eigenvalue weighted by Gasteiger charge is -2.21. The molecule has 0 aromatic heterocycles. The van der Waals surface area contributed by atoms with E-state index in [0.29, 0.717) is 6.07 Å². The van der Waals surface area contributed by atoms with Crippen molar-refractivity contribution in [2.24, 2.45) is 0 Å². The fourth-order valence-corrected chi connectivity index (χ4v) is 2.27. The maximum Gasteiger partial charge on any atom is 0.456 e. The molecule has 0 amide bonds. The number of carbonyl (C=O) groups is 1. The average Bonchev–Trinajstić information content (AvgIpc) is 2.33. The van der Waals surface area contributed by atoms with Crippen molar-refractivity contribution in [1.82, 2.24) is 0 Å². The van der Waals surface area contributed by atoms with Gasteiger partial charge < -0.3 is 9.84 Å². The summed E-state index contributed by atoms with van der Waals surface area (Å²) in [6, 6.07) is 1.55. The summed E-state index contributed by atoms with van der Waals surface area (Å²) < 4.78 is 89.2. The number of carboxylic acid groups (broad SMARTS) is 1. The van der Waals surface area contributed by atoms with Crippen LogP contribution in [0.15, 0.2) is 17.0 Å². The molecule has 0 spiro atoms. The van der Waals surface area contributed by atoms with Gasteiger partial charge in [-0.1, -0.05) is 0 Å². The van der Waals surface area contributed by atoms with E-state index in [4.69, 9.17) is 5.11 Å². The van der Waals surface area contributed by atoms with Crippen LogP contribution in [0.4, 0.5) is 22.0 Å². The van der Waals surface area contributed by atoms with Crippen molar-refractivity contribution >= 4 is 15.8 Å². The number of alkyl halides is 5. The molecule has 23 heavy (non-hydrogen) atoms. The molecule has 0 fully saturated rings. The Balaban J connectivity index is 3.30. The fourth-order valence-electron chi connectivity index (χ4n) is 1.55. The minimum atomic E-state index is -5.86. The van der Waals surface area contributed by atoms with Gasteiger partial charge in [0.2, 0.25) is 0 Å². The van der Waals surface area contributed by atoms with Crippen LogP contribution in [-0.4, -0.2) is 44.5 Å². The Labute approximate surface area is 127 Å². The first-order valence-corrected chi connectivity index (χ1v) is 7.71. The van der Waals surface area contributed by atoms with E-state index in [0.717, 1.165) is 19.2 Å². The number of halogens is 5. The van der Waals surface area contributed by atoms with E-state index in [1.54, 1.807) is 0 Å². The molecule has 0 saturated heterocycles. The summed E-state index contributed by atoms with van der Waals surface area (Å²) >= 11 is 0. The van der Waals surface area contributed by atoms with E-state index in [9.17, 15) is 35.2 Å². The highest BCUT2D eigenvalue weighted by atomic mass is 32.2. The fraction of sp³-hybridized carbons (Fsp3) is 0.417. The van der Waals surface area contributed by atoms with Crippen LogP contribution in [-0.2, 0) is 9.84 Å². The maximum atomic E-state index is 12.9. The summed E-state index contributed by atoms with van der Waals surface area (Å²) in [5.41, 5.74) is -1.04. The second kappa shape index (κ2) is 5.95. The third kappa shape index (κ3) is 4.30. The molecule has 0 aliphatic heterocycles. The first-order valence-electron chi connectivity index (χ1n) is 5.82. The molecule has 1 N–H and O–H groups in total. The minimum Gasteiger partial charge on any atom is -0.486 e. The summed E-state index contributed by atoms with van der Waals surface area (Å²) in [5.74, 6) is -7.68. The molecule has 1 aromatic carbocycles. The van der Waals surface area contributed by atoms with Gasteiger partial charge in [0.05, 0.1) is 4.90 Å². The van der Waals surface area contributed by atoms with Crippen LogP contribution in [0.25, 0.3) is 0 Å². The summed E-state index contributed by atoms with van der Waals surface area (Å²) in [4.78, 5) is 10.7. The Morgan fingerprint density at radius 2 is 1.74 bits per heavy atom. The van der Waals surface area contributed by atoms with Gasteiger partial charge in [-0.2, -0.15) is 22.0 Å². The number of carboxylic acids is 1. The maximum absolute atomic E-state index is 12.9. The van der Waals surface area contributed by atoms with Crippen LogP contribution in [0.5, 0.6) is 5.75 Å². The molecular weight excluding hydrogens is 351 g/mol. The third-order valence-electron chi connectivity index (χ3n) is 2.72. The smallest absolute Gasteiger partial charge is 0.456 e. The lowest BCUT2D eigenvalue weighted by atomic mass is 10.1. The van der Waals surface area contributed by atoms with Crippen molar-refractivity contribution in [3.63, 3.8) is 0 Å². The molecule has 1 rings (SSSR count). The topological polar surface area (TPSA) is 80.7 Å². The summed E-state index contributed by atoms with van der Waals surface area (Å²) in [5, 5.41) is 8.99. The van der Waals surface area contributed by atoms with E-state index in [-0.39, 0.29) is 5.56 Å². The predicted octanol–water partition coefficient (Wildman–Crippen LogP) is 2.67. The molecular formula is C12H11F5O5S. The standard InChI is InChI=1S/C12H11F5O5S/c1-6-3-7(23(2,20)21)4-8(10(18)19)9(6)22-5-11(13,14)12(15,16)17/h3-4H,5H2,1-2H3,(H,18,19). The van der Waals surface area contributed by atoms with Gasteiger partial charge >= 0.3 is 18.1 Å². The van der Waals surface area contributed by atoms with Gasteiger partial charge in [0.25, 0.3) is 0 Å². The van der Waals surface area contributed by atoms with Crippen LogP contribution >= 0.6 is 0 Å². The van der Waals surface area contributed by atoms with Gasteiger partial charge in [0, 0.05) is 6.26 Å². The first kappa shape index (κ1) is 19.1. The van der Waals surface area contributed by atoms with Crippen molar-refractivity contribution in [3.8, 4) is 5.75 Å².